The Morgan fingerprint density at radius 1 is 1.16 bits per heavy atom. The van der Waals surface area contributed by atoms with Gasteiger partial charge < -0.3 is 24.2 Å². The molecule has 1 amide bonds. The van der Waals surface area contributed by atoms with Crippen molar-refractivity contribution in [2.75, 3.05) is 49.7 Å². The largest absolute Gasteiger partial charge is 0.445 e. The van der Waals surface area contributed by atoms with Gasteiger partial charge in [-0.15, -0.1) is 0 Å². The van der Waals surface area contributed by atoms with Crippen molar-refractivity contribution in [3.8, 4) is 0 Å². The molecule has 8 nitrogen and oxygen atoms in total. The molecular weight excluding hydrogens is 394 g/mol. The average molecular weight is 426 g/mol. The number of hydrogen-bond acceptors (Lipinski definition) is 7. The maximum absolute atomic E-state index is 12.7. The highest BCUT2D eigenvalue weighted by Crippen LogP contribution is 2.30. The lowest BCUT2D eigenvalue weighted by atomic mass is 10.1. The number of benzene rings is 1. The molecule has 4 rings (SSSR count). The summed E-state index contributed by atoms with van der Waals surface area (Å²) in [6.07, 6.45) is 0.388. The van der Waals surface area contributed by atoms with E-state index in [4.69, 9.17) is 19.4 Å². The number of fused-ring (bicyclic) bond motifs is 1. The lowest BCUT2D eigenvalue weighted by Crippen LogP contribution is -2.41. The van der Waals surface area contributed by atoms with Crippen LogP contribution >= 0.6 is 0 Å². The van der Waals surface area contributed by atoms with Gasteiger partial charge in [0.25, 0.3) is 0 Å². The molecule has 0 spiro atoms. The van der Waals surface area contributed by atoms with Crippen molar-refractivity contribution in [3.05, 3.63) is 47.2 Å². The van der Waals surface area contributed by atoms with Gasteiger partial charge in [-0.2, -0.15) is 4.98 Å². The van der Waals surface area contributed by atoms with Crippen LogP contribution in [0, 0.1) is 0 Å². The van der Waals surface area contributed by atoms with Crippen LogP contribution in [0.2, 0.25) is 0 Å². The summed E-state index contributed by atoms with van der Waals surface area (Å²) in [6.45, 7) is 8.56. The van der Waals surface area contributed by atoms with Gasteiger partial charge in [-0.25, -0.2) is 9.78 Å². The first-order valence-corrected chi connectivity index (χ1v) is 10.9. The normalized spacial score (nSPS) is 16.3. The molecule has 0 saturated carbocycles. The molecule has 31 heavy (non-hydrogen) atoms. The van der Waals surface area contributed by atoms with Crippen molar-refractivity contribution < 1.29 is 14.3 Å². The van der Waals surface area contributed by atoms with Gasteiger partial charge in [-0.05, 0) is 19.4 Å². The van der Waals surface area contributed by atoms with E-state index in [1.54, 1.807) is 4.90 Å². The van der Waals surface area contributed by atoms with Crippen LogP contribution in [0.25, 0.3) is 0 Å². The molecule has 0 unspecified atom stereocenters. The molecule has 1 saturated heterocycles. The number of rotatable bonds is 5. The molecule has 0 radical (unpaired) electrons. The molecule has 0 aliphatic carbocycles. The Kier molecular flexibility index (Phi) is 6.56. The Morgan fingerprint density at radius 3 is 2.61 bits per heavy atom. The summed E-state index contributed by atoms with van der Waals surface area (Å²) in [5.74, 6) is 1.65. The Hall–Kier alpha value is -2.87. The second-order valence-electron chi connectivity index (χ2n) is 8.29. The highest BCUT2D eigenvalue weighted by molar-refractivity contribution is 5.69. The van der Waals surface area contributed by atoms with E-state index < -0.39 is 0 Å². The van der Waals surface area contributed by atoms with Crippen molar-refractivity contribution in [1.82, 2.24) is 14.9 Å². The predicted molar refractivity (Wildman–Crippen MR) is 119 cm³/mol. The monoisotopic (exact) mass is 425 g/mol. The third kappa shape index (κ3) is 4.90. The number of morpholine rings is 1. The van der Waals surface area contributed by atoms with Crippen molar-refractivity contribution in [2.45, 2.75) is 39.5 Å². The van der Waals surface area contributed by atoms with Crippen LogP contribution in [-0.2, 0) is 29.0 Å². The molecule has 2 aliphatic rings. The van der Waals surface area contributed by atoms with Gasteiger partial charge in [-0.3, -0.25) is 0 Å². The first kappa shape index (κ1) is 21.4. The minimum Gasteiger partial charge on any atom is -0.445 e. The number of carbonyl (C=O) groups is 1. The maximum atomic E-state index is 12.7. The SMILES string of the molecule is CC(C)N(C)c1nc(N2CCOCC2)nc2c1CN(C(=O)OCc1ccccc1)CC2. The van der Waals surface area contributed by atoms with Gasteiger partial charge >= 0.3 is 6.09 Å². The van der Waals surface area contributed by atoms with Crippen LogP contribution in [0.5, 0.6) is 0 Å². The minimum absolute atomic E-state index is 0.272. The third-order valence-electron chi connectivity index (χ3n) is 5.89. The number of carbonyl (C=O) groups excluding carboxylic acids is 1. The van der Waals surface area contributed by atoms with Crippen molar-refractivity contribution in [1.29, 1.82) is 0 Å². The molecule has 3 heterocycles. The van der Waals surface area contributed by atoms with Crippen LogP contribution < -0.4 is 9.80 Å². The number of nitrogens with zero attached hydrogens (tertiary/aromatic N) is 5. The average Bonchev–Trinajstić information content (AvgIpc) is 2.82. The van der Waals surface area contributed by atoms with Crippen LogP contribution in [0.15, 0.2) is 30.3 Å². The number of ether oxygens (including phenoxy) is 2. The lowest BCUT2D eigenvalue weighted by molar-refractivity contribution is 0.0915. The molecule has 1 fully saturated rings. The summed E-state index contributed by atoms with van der Waals surface area (Å²) in [5, 5.41) is 0. The second kappa shape index (κ2) is 9.51. The zero-order valence-corrected chi connectivity index (χ0v) is 18.6. The molecule has 166 valence electrons. The number of aromatic nitrogens is 2. The Morgan fingerprint density at radius 2 is 1.90 bits per heavy atom. The molecule has 2 aromatic rings. The first-order chi connectivity index (χ1) is 15.0. The molecule has 1 aromatic carbocycles. The van der Waals surface area contributed by atoms with Gasteiger partial charge in [0.15, 0.2) is 0 Å². The smallest absolute Gasteiger partial charge is 0.410 e. The van der Waals surface area contributed by atoms with Crippen LogP contribution in [0.4, 0.5) is 16.6 Å². The van der Waals surface area contributed by atoms with Crippen LogP contribution in [0.3, 0.4) is 0 Å². The first-order valence-electron chi connectivity index (χ1n) is 10.9. The summed E-state index contributed by atoms with van der Waals surface area (Å²) in [6, 6.07) is 10.0. The van der Waals surface area contributed by atoms with E-state index in [0.29, 0.717) is 32.7 Å². The van der Waals surface area contributed by atoms with Crippen molar-refractivity contribution >= 4 is 17.9 Å². The lowest BCUT2D eigenvalue weighted by Gasteiger charge is -2.34. The Bertz CT molecular complexity index is 900. The van der Waals surface area contributed by atoms with Crippen LogP contribution in [0.1, 0.15) is 30.7 Å². The summed E-state index contributed by atoms with van der Waals surface area (Å²) >= 11 is 0. The number of amides is 1. The molecule has 8 heteroatoms. The fourth-order valence-electron chi connectivity index (χ4n) is 3.79. The third-order valence-corrected chi connectivity index (χ3v) is 5.89. The number of hydrogen-bond donors (Lipinski definition) is 0. The van der Waals surface area contributed by atoms with Gasteiger partial charge in [0.05, 0.1) is 25.5 Å². The highest BCUT2D eigenvalue weighted by Gasteiger charge is 2.29. The van der Waals surface area contributed by atoms with E-state index in [1.165, 1.54) is 0 Å². The molecule has 2 aliphatic heterocycles. The fraction of sp³-hybridized carbons (Fsp3) is 0.522. The standard InChI is InChI=1S/C23H31N5O3/c1-17(2)26(3)21-19-15-28(23(29)31-16-18-7-5-4-6-8-18)10-9-20(19)24-22(25-21)27-11-13-30-14-12-27/h4-8,17H,9-16H2,1-3H3. The van der Waals surface area contributed by atoms with Crippen LogP contribution in [-0.4, -0.2) is 66.9 Å². The summed E-state index contributed by atoms with van der Waals surface area (Å²) < 4.78 is 11.0. The number of anilines is 2. The Balaban J connectivity index is 1.54. The van der Waals surface area contributed by atoms with Gasteiger partial charge in [0.1, 0.15) is 12.4 Å². The van der Waals surface area contributed by atoms with E-state index in [1.807, 2.05) is 37.4 Å². The fourth-order valence-corrected chi connectivity index (χ4v) is 3.79. The van der Waals surface area contributed by atoms with E-state index in [9.17, 15) is 4.79 Å². The van der Waals surface area contributed by atoms with Gasteiger partial charge in [0.2, 0.25) is 5.95 Å². The molecular formula is C23H31N5O3. The van der Waals surface area contributed by atoms with Gasteiger partial charge in [-0.1, -0.05) is 30.3 Å². The summed E-state index contributed by atoms with van der Waals surface area (Å²) in [7, 11) is 2.04. The van der Waals surface area contributed by atoms with E-state index >= 15 is 0 Å². The van der Waals surface area contributed by atoms with Crippen molar-refractivity contribution in [2.24, 2.45) is 0 Å². The highest BCUT2D eigenvalue weighted by atomic mass is 16.6. The topological polar surface area (TPSA) is 71.0 Å². The minimum atomic E-state index is -0.301. The molecule has 1 aromatic heterocycles. The summed E-state index contributed by atoms with van der Waals surface area (Å²) in [5.41, 5.74) is 3.01. The van der Waals surface area contributed by atoms with E-state index in [-0.39, 0.29) is 18.7 Å². The Labute approximate surface area is 183 Å². The van der Waals surface area contributed by atoms with Gasteiger partial charge in [0, 0.05) is 44.7 Å². The van der Waals surface area contributed by atoms with E-state index in [0.717, 1.165) is 41.7 Å². The maximum Gasteiger partial charge on any atom is 0.410 e. The zero-order valence-electron chi connectivity index (χ0n) is 18.6. The van der Waals surface area contributed by atoms with Crippen molar-refractivity contribution in [3.63, 3.8) is 0 Å². The molecule has 0 atom stereocenters. The second-order valence-corrected chi connectivity index (χ2v) is 8.29. The quantitative estimate of drug-likeness (QED) is 0.729. The molecule has 0 bridgehead atoms. The summed E-state index contributed by atoms with van der Waals surface area (Å²) in [4.78, 5) is 28.6. The van der Waals surface area contributed by atoms with E-state index in [2.05, 4.69) is 23.6 Å². The molecule has 0 N–H and O–H groups in total. The zero-order chi connectivity index (χ0) is 21.8. The predicted octanol–water partition coefficient (Wildman–Crippen LogP) is 2.85.